The van der Waals surface area contributed by atoms with Gasteiger partial charge < -0.3 is 15.5 Å². The number of aliphatic hydroxyl groups is 2. The molecule has 0 fully saturated rings. The van der Waals surface area contributed by atoms with E-state index in [1.54, 1.807) is 0 Å². The number of carbonyl (C=O) groups is 1. The molecule has 0 aliphatic carbocycles. The first-order chi connectivity index (χ1) is 35.2. The Kier molecular flexibility index (Phi) is 59.8. The fourth-order valence-corrected chi connectivity index (χ4v) is 9.46. The normalized spacial score (nSPS) is 13.4. The molecule has 1 amide bonds. The molecule has 2 atom stereocenters. The van der Waals surface area contributed by atoms with Gasteiger partial charge in [0, 0.05) is 6.42 Å². The van der Waals surface area contributed by atoms with Crippen LogP contribution in [-0.2, 0) is 4.79 Å². The summed E-state index contributed by atoms with van der Waals surface area (Å²) in [5.74, 6) is -0.0288. The van der Waals surface area contributed by atoms with Crippen molar-refractivity contribution in [2.24, 2.45) is 0 Å². The van der Waals surface area contributed by atoms with E-state index in [2.05, 4.69) is 104 Å². The Bertz CT molecular complexity index is 1260. The number of unbranched alkanes of at least 4 members (excludes halogenated alkanes) is 36. The molecule has 71 heavy (non-hydrogen) atoms. The summed E-state index contributed by atoms with van der Waals surface area (Å²) in [4.78, 5) is 12.5. The maximum Gasteiger partial charge on any atom is 0.220 e. The SMILES string of the molecule is CC/C=C\C/C=C\C/C=C\C/C=C\C/C=C\C/C=C\C/C=C\CCCCCCCCCCCCCCCCCCCC(=O)NC(CO)C(O)CCCCCCCCCCCCCCCCCCCCCC. The number of nitrogens with one attached hydrogen (secondary N) is 1. The van der Waals surface area contributed by atoms with Crippen LogP contribution >= 0.6 is 0 Å². The molecule has 4 nitrogen and oxygen atoms in total. The van der Waals surface area contributed by atoms with Crippen LogP contribution in [0.3, 0.4) is 0 Å². The third-order valence-corrected chi connectivity index (χ3v) is 14.2. The second-order valence-corrected chi connectivity index (χ2v) is 21.1. The lowest BCUT2D eigenvalue weighted by Crippen LogP contribution is -2.45. The van der Waals surface area contributed by atoms with E-state index in [4.69, 9.17) is 0 Å². The monoisotopic (exact) mass is 988 g/mol. The Morgan fingerprint density at radius 2 is 0.620 bits per heavy atom. The van der Waals surface area contributed by atoms with E-state index in [-0.39, 0.29) is 12.5 Å². The van der Waals surface area contributed by atoms with Gasteiger partial charge in [0.25, 0.3) is 0 Å². The topological polar surface area (TPSA) is 69.6 Å². The van der Waals surface area contributed by atoms with Crippen molar-refractivity contribution in [2.45, 2.75) is 328 Å². The first kappa shape index (κ1) is 68.6. The van der Waals surface area contributed by atoms with Gasteiger partial charge in [-0.05, 0) is 70.6 Å². The van der Waals surface area contributed by atoms with E-state index in [9.17, 15) is 15.0 Å². The second kappa shape index (κ2) is 61.9. The van der Waals surface area contributed by atoms with E-state index in [0.29, 0.717) is 12.8 Å². The highest BCUT2D eigenvalue weighted by Gasteiger charge is 2.20. The third kappa shape index (κ3) is 58.3. The molecule has 2 unspecified atom stereocenters. The van der Waals surface area contributed by atoms with E-state index >= 15 is 0 Å². The summed E-state index contributed by atoms with van der Waals surface area (Å²) < 4.78 is 0. The lowest BCUT2D eigenvalue weighted by atomic mass is 10.0. The van der Waals surface area contributed by atoms with E-state index in [0.717, 1.165) is 70.6 Å². The maximum absolute atomic E-state index is 12.5. The van der Waals surface area contributed by atoms with Crippen molar-refractivity contribution in [2.75, 3.05) is 6.61 Å². The lowest BCUT2D eigenvalue weighted by Gasteiger charge is -2.22. The molecule has 4 heteroatoms. The fraction of sp³-hybridized carbons (Fsp3) is 0.776. The maximum atomic E-state index is 12.5. The van der Waals surface area contributed by atoms with E-state index in [1.165, 1.54) is 218 Å². The van der Waals surface area contributed by atoms with Crippen LogP contribution in [0.5, 0.6) is 0 Å². The Hall–Kier alpha value is -2.43. The average molecular weight is 989 g/mol. The Balaban J connectivity index is 3.46. The molecule has 3 N–H and O–H groups in total. The highest BCUT2D eigenvalue weighted by molar-refractivity contribution is 5.76. The highest BCUT2D eigenvalue weighted by Crippen LogP contribution is 2.18. The molecule has 0 spiro atoms. The third-order valence-electron chi connectivity index (χ3n) is 14.2. The minimum atomic E-state index is -0.662. The van der Waals surface area contributed by atoms with Gasteiger partial charge in [0.2, 0.25) is 5.91 Å². The molecular weight excluding hydrogens is 867 g/mol. The summed E-state index contributed by atoms with van der Waals surface area (Å²) in [6.45, 7) is 4.27. The van der Waals surface area contributed by atoms with Crippen LogP contribution in [0.2, 0.25) is 0 Å². The van der Waals surface area contributed by atoms with Gasteiger partial charge in [0.1, 0.15) is 0 Å². The number of allylic oxidation sites excluding steroid dienone is 14. The number of hydrogen-bond acceptors (Lipinski definition) is 3. The van der Waals surface area contributed by atoms with Crippen LogP contribution in [0.25, 0.3) is 0 Å². The minimum Gasteiger partial charge on any atom is -0.394 e. The van der Waals surface area contributed by atoms with Gasteiger partial charge in [-0.15, -0.1) is 0 Å². The number of aliphatic hydroxyl groups excluding tert-OH is 2. The molecule has 0 aliphatic rings. The van der Waals surface area contributed by atoms with Crippen LogP contribution in [0, 0.1) is 0 Å². The van der Waals surface area contributed by atoms with Crippen molar-refractivity contribution < 1.29 is 15.0 Å². The summed E-state index contributed by atoms with van der Waals surface area (Å²) in [6, 6.07) is -0.539. The quantitative estimate of drug-likeness (QED) is 0.0420. The molecule has 0 aliphatic heterocycles. The van der Waals surface area contributed by atoms with Crippen LogP contribution < -0.4 is 5.32 Å². The highest BCUT2D eigenvalue weighted by atomic mass is 16.3. The van der Waals surface area contributed by atoms with Crippen molar-refractivity contribution in [3.05, 3.63) is 85.1 Å². The molecule has 0 aromatic heterocycles. The molecule has 0 aromatic carbocycles. The van der Waals surface area contributed by atoms with Gasteiger partial charge in [-0.3, -0.25) is 4.79 Å². The molecule has 0 aromatic rings. The van der Waals surface area contributed by atoms with Crippen LogP contribution in [0.1, 0.15) is 316 Å². The zero-order valence-corrected chi connectivity index (χ0v) is 47.5. The predicted molar refractivity (Wildman–Crippen MR) is 317 cm³/mol. The smallest absolute Gasteiger partial charge is 0.220 e. The van der Waals surface area contributed by atoms with Gasteiger partial charge in [0.15, 0.2) is 0 Å². The first-order valence-electron chi connectivity index (χ1n) is 31.3. The lowest BCUT2D eigenvalue weighted by molar-refractivity contribution is -0.123. The number of hydrogen-bond donors (Lipinski definition) is 3. The van der Waals surface area contributed by atoms with Crippen LogP contribution in [0.4, 0.5) is 0 Å². The average Bonchev–Trinajstić information content (AvgIpc) is 3.37. The number of rotatable bonds is 57. The van der Waals surface area contributed by atoms with Crippen LogP contribution in [-0.4, -0.2) is 34.9 Å². The van der Waals surface area contributed by atoms with Gasteiger partial charge in [-0.1, -0.05) is 324 Å². The van der Waals surface area contributed by atoms with Crippen molar-refractivity contribution in [1.29, 1.82) is 0 Å². The second-order valence-electron chi connectivity index (χ2n) is 21.1. The number of carbonyl (C=O) groups excluding carboxylic acids is 1. The van der Waals surface area contributed by atoms with Crippen molar-refractivity contribution >= 4 is 5.91 Å². The molecule has 412 valence electrons. The largest absolute Gasteiger partial charge is 0.394 e. The Morgan fingerprint density at radius 1 is 0.352 bits per heavy atom. The summed E-state index contributed by atoms with van der Waals surface area (Å²) in [7, 11) is 0. The minimum absolute atomic E-state index is 0.0288. The standard InChI is InChI=1S/C67H121NO3/c1-3-5-7-9-11-13-15-17-19-21-23-25-26-27-28-29-30-31-32-33-34-35-36-37-38-39-40-41-42-43-45-47-49-51-53-55-57-59-61-63-67(71)68-65(64-69)66(70)62-60-58-56-54-52-50-48-46-44-24-22-20-18-16-14-12-10-8-6-4-2/h5,7,11,13,17,19,23,25,27-28,30-31,33-34,65-66,69-70H,3-4,6,8-10,12,14-16,18,20-22,24,26,29,32,35-64H2,1-2H3,(H,68,71)/b7-5-,13-11-,19-17-,25-23-,28-27-,31-30-,34-33-. The summed E-state index contributed by atoms with van der Waals surface area (Å²) in [5.41, 5.74) is 0. The Labute approximate surface area is 443 Å². The zero-order chi connectivity index (χ0) is 51.3. The summed E-state index contributed by atoms with van der Waals surface area (Å²) in [6.07, 6.45) is 90.2. The molecule has 0 radical (unpaired) electrons. The van der Waals surface area contributed by atoms with E-state index in [1.807, 2.05) is 0 Å². The van der Waals surface area contributed by atoms with Crippen molar-refractivity contribution in [1.82, 2.24) is 5.32 Å². The van der Waals surface area contributed by atoms with Gasteiger partial charge in [-0.2, -0.15) is 0 Å². The molecule has 0 rings (SSSR count). The number of amides is 1. The van der Waals surface area contributed by atoms with E-state index < -0.39 is 12.1 Å². The van der Waals surface area contributed by atoms with Crippen molar-refractivity contribution in [3.8, 4) is 0 Å². The molecule has 0 saturated heterocycles. The zero-order valence-electron chi connectivity index (χ0n) is 47.5. The molecule has 0 saturated carbocycles. The summed E-state index contributed by atoms with van der Waals surface area (Å²) >= 11 is 0. The fourth-order valence-electron chi connectivity index (χ4n) is 9.46. The Morgan fingerprint density at radius 3 is 0.930 bits per heavy atom. The predicted octanol–water partition coefficient (Wildman–Crippen LogP) is 21.1. The van der Waals surface area contributed by atoms with Gasteiger partial charge in [-0.25, -0.2) is 0 Å². The van der Waals surface area contributed by atoms with Crippen molar-refractivity contribution in [3.63, 3.8) is 0 Å². The molecule has 0 bridgehead atoms. The van der Waals surface area contributed by atoms with Gasteiger partial charge >= 0.3 is 0 Å². The van der Waals surface area contributed by atoms with Gasteiger partial charge in [0.05, 0.1) is 18.8 Å². The molecule has 0 heterocycles. The summed E-state index contributed by atoms with van der Waals surface area (Å²) in [5, 5.41) is 23.4. The first-order valence-corrected chi connectivity index (χ1v) is 31.3. The van der Waals surface area contributed by atoms with Crippen LogP contribution in [0.15, 0.2) is 85.1 Å². The molecular formula is C67H121NO3.